The molecular weight excluding hydrogens is 180 g/mol. The van der Waals surface area contributed by atoms with Gasteiger partial charge in [0.15, 0.2) is 0 Å². The molecule has 0 aromatic heterocycles. The summed E-state index contributed by atoms with van der Waals surface area (Å²) in [6, 6.07) is 0. The lowest BCUT2D eigenvalue weighted by atomic mass is 9.67. The van der Waals surface area contributed by atoms with Crippen molar-refractivity contribution in [1.82, 2.24) is 0 Å². The zero-order chi connectivity index (χ0) is 11.0. The van der Waals surface area contributed by atoms with E-state index in [0.717, 1.165) is 23.7 Å². The third-order valence-electron chi connectivity index (χ3n) is 4.27. The first-order valence-electron chi connectivity index (χ1n) is 6.48. The highest BCUT2D eigenvalue weighted by Gasteiger charge is 2.31. The summed E-state index contributed by atoms with van der Waals surface area (Å²) in [6.45, 7) is 9.44. The number of allylic oxidation sites excluding steroid dienone is 4. The van der Waals surface area contributed by atoms with Gasteiger partial charge in [-0.1, -0.05) is 44.1 Å². The molecule has 0 aliphatic heterocycles. The molecule has 0 saturated carbocycles. The van der Waals surface area contributed by atoms with E-state index in [2.05, 4.69) is 39.8 Å². The highest BCUT2D eigenvalue weighted by Crippen LogP contribution is 2.44. The lowest BCUT2D eigenvalue weighted by Gasteiger charge is -2.38. The van der Waals surface area contributed by atoms with Gasteiger partial charge in [-0.2, -0.15) is 0 Å². The van der Waals surface area contributed by atoms with E-state index in [0.29, 0.717) is 0 Å². The normalized spacial score (nSPS) is 35.9. The summed E-state index contributed by atoms with van der Waals surface area (Å²) in [6.07, 6.45) is 9.11. The Hall–Kier alpha value is -0.520. The van der Waals surface area contributed by atoms with Gasteiger partial charge in [-0.25, -0.2) is 0 Å². The largest absolute Gasteiger partial charge is 0.0844 e. The third kappa shape index (κ3) is 2.04. The average Bonchev–Trinajstić information content (AvgIpc) is 2.17. The molecule has 3 atom stereocenters. The fourth-order valence-corrected chi connectivity index (χ4v) is 3.25. The first-order chi connectivity index (χ1) is 7.09. The second kappa shape index (κ2) is 4.15. The molecule has 15 heavy (non-hydrogen) atoms. The third-order valence-corrected chi connectivity index (χ3v) is 4.27. The minimum atomic E-state index is 0.794. The highest BCUT2D eigenvalue weighted by atomic mass is 14.4. The second-order valence-electron chi connectivity index (χ2n) is 5.81. The summed E-state index contributed by atoms with van der Waals surface area (Å²) in [5.41, 5.74) is 3.40. The monoisotopic (exact) mass is 204 g/mol. The van der Waals surface area contributed by atoms with Gasteiger partial charge in [0.05, 0.1) is 0 Å². The smallest absolute Gasteiger partial charge is 0.000745 e. The molecule has 2 rings (SSSR count). The fourth-order valence-electron chi connectivity index (χ4n) is 3.25. The van der Waals surface area contributed by atoms with Crippen LogP contribution in [0.25, 0.3) is 0 Å². The van der Waals surface area contributed by atoms with Crippen molar-refractivity contribution < 1.29 is 0 Å². The molecule has 0 heterocycles. The van der Waals surface area contributed by atoms with Gasteiger partial charge < -0.3 is 0 Å². The molecule has 0 radical (unpaired) electrons. The minimum absolute atomic E-state index is 0.794. The van der Waals surface area contributed by atoms with Crippen LogP contribution in [0, 0.1) is 23.7 Å². The molecule has 2 aliphatic carbocycles. The van der Waals surface area contributed by atoms with Crippen LogP contribution >= 0.6 is 0 Å². The topological polar surface area (TPSA) is 0 Å². The quantitative estimate of drug-likeness (QED) is 0.548. The van der Waals surface area contributed by atoms with Gasteiger partial charge in [0, 0.05) is 5.92 Å². The Kier molecular flexibility index (Phi) is 3.04. The van der Waals surface area contributed by atoms with Crippen molar-refractivity contribution in [2.45, 2.75) is 47.0 Å². The second-order valence-corrected chi connectivity index (χ2v) is 5.81. The van der Waals surface area contributed by atoms with E-state index in [1.807, 2.05) is 0 Å². The van der Waals surface area contributed by atoms with Crippen molar-refractivity contribution >= 4 is 0 Å². The van der Waals surface area contributed by atoms with E-state index in [1.165, 1.54) is 19.3 Å². The maximum absolute atomic E-state index is 2.58. The Morgan fingerprint density at radius 1 is 1.27 bits per heavy atom. The molecule has 0 heteroatoms. The average molecular weight is 204 g/mol. The summed E-state index contributed by atoms with van der Waals surface area (Å²) >= 11 is 0. The van der Waals surface area contributed by atoms with Crippen LogP contribution in [0.2, 0.25) is 0 Å². The Bertz CT molecular complexity index is 293. The molecule has 0 fully saturated rings. The first-order valence-corrected chi connectivity index (χ1v) is 6.48. The van der Waals surface area contributed by atoms with Crippen molar-refractivity contribution in [3.8, 4) is 0 Å². The van der Waals surface area contributed by atoms with Crippen molar-refractivity contribution in [3.05, 3.63) is 23.3 Å². The van der Waals surface area contributed by atoms with E-state index >= 15 is 0 Å². The number of hydrogen-bond donors (Lipinski definition) is 0. The van der Waals surface area contributed by atoms with Crippen molar-refractivity contribution in [2.75, 3.05) is 0 Å². The fraction of sp³-hybridized carbons (Fsp3) is 0.733. The van der Waals surface area contributed by atoms with Gasteiger partial charge in [-0.05, 0) is 43.9 Å². The summed E-state index contributed by atoms with van der Waals surface area (Å²) in [5, 5.41) is 0. The van der Waals surface area contributed by atoms with Gasteiger partial charge in [0.25, 0.3) is 0 Å². The summed E-state index contributed by atoms with van der Waals surface area (Å²) in [5.74, 6) is 3.22. The van der Waals surface area contributed by atoms with Gasteiger partial charge in [-0.3, -0.25) is 0 Å². The first kappa shape index (κ1) is 11.0. The van der Waals surface area contributed by atoms with E-state index < -0.39 is 0 Å². The molecular formula is C15H24. The van der Waals surface area contributed by atoms with Crippen LogP contribution in [0.1, 0.15) is 47.0 Å². The molecule has 2 unspecified atom stereocenters. The molecule has 84 valence electrons. The molecule has 0 aromatic rings. The van der Waals surface area contributed by atoms with Crippen molar-refractivity contribution in [3.63, 3.8) is 0 Å². The molecule has 0 saturated heterocycles. The molecule has 0 amide bonds. The van der Waals surface area contributed by atoms with E-state index in [9.17, 15) is 0 Å². The maximum Gasteiger partial charge on any atom is 0.000745 e. The standard InChI is InChI=1S/C15H24/c1-10(2)13-8-6-12(4)14-7-5-11(3)9-15(13)14/h6,9-11,13-14H,5,7-8H2,1-4H3/t11?,13-,14?/m1/s1. The predicted molar refractivity (Wildman–Crippen MR) is 66.7 cm³/mol. The van der Waals surface area contributed by atoms with Crippen LogP contribution in [0.4, 0.5) is 0 Å². The van der Waals surface area contributed by atoms with Crippen molar-refractivity contribution in [2.24, 2.45) is 23.7 Å². The molecule has 2 aliphatic rings. The van der Waals surface area contributed by atoms with Crippen LogP contribution in [0.3, 0.4) is 0 Å². The molecule has 0 aromatic carbocycles. The lowest BCUT2D eigenvalue weighted by molar-refractivity contribution is 0.357. The molecule has 0 N–H and O–H groups in total. The van der Waals surface area contributed by atoms with Gasteiger partial charge in [-0.15, -0.1) is 0 Å². The number of hydrogen-bond acceptors (Lipinski definition) is 0. The van der Waals surface area contributed by atoms with Crippen LogP contribution < -0.4 is 0 Å². The summed E-state index contributed by atoms with van der Waals surface area (Å²) < 4.78 is 0. The molecule has 0 bridgehead atoms. The van der Waals surface area contributed by atoms with Crippen LogP contribution in [0.15, 0.2) is 23.3 Å². The Morgan fingerprint density at radius 3 is 2.67 bits per heavy atom. The number of fused-ring (bicyclic) bond motifs is 1. The van der Waals surface area contributed by atoms with Crippen molar-refractivity contribution in [1.29, 1.82) is 0 Å². The van der Waals surface area contributed by atoms with Crippen LogP contribution in [-0.4, -0.2) is 0 Å². The maximum atomic E-state index is 2.58. The van der Waals surface area contributed by atoms with Crippen LogP contribution in [-0.2, 0) is 0 Å². The highest BCUT2D eigenvalue weighted by molar-refractivity contribution is 5.30. The van der Waals surface area contributed by atoms with E-state index in [1.54, 1.807) is 11.1 Å². The van der Waals surface area contributed by atoms with Gasteiger partial charge >= 0.3 is 0 Å². The summed E-state index contributed by atoms with van der Waals surface area (Å²) in [4.78, 5) is 0. The Morgan fingerprint density at radius 2 is 2.00 bits per heavy atom. The Balaban J connectivity index is 2.32. The lowest BCUT2D eigenvalue weighted by Crippen LogP contribution is -2.26. The number of rotatable bonds is 1. The Labute approximate surface area is 94.5 Å². The predicted octanol–water partition coefficient (Wildman–Crippen LogP) is 4.58. The molecule has 0 nitrogen and oxygen atoms in total. The van der Waals surface area contributed by atoms with Gasteiger partial charge in [0.1, 0.15) is 0 Å². The van der Waals surface area contributed by atoms with Crippen LogP contribution in [0.5, 0.6) is 0 Å². The zero-order valence-corrected chi connectivity index (χ0v) is 10.6. The molecule has 0 spiro atoms. The van der Waals surface area contributed by atoms with E-state index in [-0.39, 0.29) is 0 Å². The van der Waals surface area contributed by atoms with Gasteiger partial charge in [0.2, 0.25) is 0 Å². The minimum Gasteiger partial charge on any atom is -0.0844 e. The SMILES string of the molecule is CC1=CC[C@H](C(C)C)C2=CC(C)CCC12. The zero-order valence-electron chi connectivity index (χ0n) is 10.6. The summed E-state index contributed by atoms with van der Waals surface area (Å²) in [7, 11) is 0. The van der Waals surface area contributed by atoms with E-state index in [4.69, 9.17) is 0 Å².